The zero-order valence-corrected chi connectivity index (χ0v) is 21.1. The highest BCUT2D eigenvalue weighted by molar-refractivity contribution is 8.93. The highest BCUT2D eigenvalue weighted by Crippen LogP contribution is 2.26. The van der Waals surface area contributed by atoms with E-state index in [-0.39, 0.29) is 17.0 Å². The third-order valence-electron chi connectivity index (χ3n) is 5.18. The second-order valence-corrected chi connectivity index (χ2v) is 10.8. The zero-order chi connectivity index (χ0) is 21.1. The van der Waals surface area contributed by atoms with Crippen molar-refractivity contribution in [2.24, 2.45) is 10.9 Å². The number of para-hydroxylation sites is 1. The second kappa shape index (κ2) is 10.3. The highest BCUT2D eigenvalue weighted by Gasteiger charge is 2.27. The maximum atomic E-state index is 12.8. The molecule has 5 nitrogen and oxygen atoms in total. The van der Waals surface area contributed by atoms with Crippen molar-refractivity contribution in [1.82, 2.24) is 8.87 Å². The van der Waals surface area contributed by atoms with Gasteiger partial charge in [0.05, 0.1) is 16.3 Å². The molecule has 2 heterocycles. The number of thiazole rings is 1. The van der Waals surface area contributed by atoms with Gasteiger partial charge in [-0.3, -0.25) is 0 Å². The lowest BCUT2D eigenvalue weighted by atomic mass is 10.1. The molecule has 0 atom stereocenters. The predicted octanol–water partition coefficient (Wildman–Crippen LogP) is 5.47. The van der Waals surface area contributed by atoms with Crippen LogP contribution in [-0.2, 0) is 16.6 Å². The minimum atomic E-state index is -3.39. The lowest BCUT2D eigenvalue weighted by Crippen LogP contribution is -2.27. The van der Waals surface area contributed by atoms with Crippen molar-refractivity contribution in [2.75, 3.05) is 13.1 Å². The summed E-state index contributed by atoms with van der Waals surface area (Å²) in [5, 5.41) is 2.11. The topological polar surface area (TPSA) is 54.7 Å². The number of rotatable bonds is 6. The number of aromatic nitrogens is 1. The average Bonchev–Trinajstić information content (AvgIpc) is 3.40. The normalized spacial score (nSPS) is 15.4. The van der Waals surface area contributed by atoms with Crippen LogP contribution in [0.2, 0.25) is 0 Å². The van der Waals surface area contributed by atoms with E-state index < -0.39 is 10.0 Å². The Morgan fingerprint density at radius 1 is 1.00 bits per heavy atom. The molecule has 1 saturated heterocycles. The van der Waals surface area contributed by atoms with Crippen LogP contribution >= 0.6 is 28.3 Å². The molecule has 8 heteroatoms. The Kier molecular flexibility index (Phi) is 7.91. The summed E-state index contributed by atoms with van der Waals surface area (Å²) in [7, 11) is -3.39. The maximum absolute atomic E-state index is 12.8. The number of sulfonamides is 1. The highest BCUT2D eigenvalue weighted by atomic mass is 79.9. The maximum Gasteiger partial charge on any atom is 0.243 e. The first kappa shape index (κ1) is 23.9. The van der Waals surface area contributed by atoms with E-state index in [1.807, 2.05) is 42.5 Å². The molecule has 1 aliphatic heterocycles. The minimum Gasteiger partial charge on any atom is -0.316 e. The second-order valence-electron chi connectivity index (χ2n) is 7.99. The van der Waals surface area contributed by atoms with Crippen molar-refractivity contribution < 1.29 is 8.42 Å². The van der Waals surface area contributed by atoms with Crippen LogP contribution in [-0.4, -0.2) is 30.4 Å². The van der Waals surface area contributed by atoms with E-state index >= 15 is 0 Å². The molecule has 1 aliphatic rings. The summed E-state index contributed by atoms with van der Waals surface area (Å²) in [6.45, 7) is 6.46. The monoisotopic (exact) mass is 521 g/mol. The van der Waals surface area contributed by atoms with Crippen molar-refractivity contribution in [1.29, 1.82) is 0 Å². The van der Waals surface area contributed by atoms with Crippen molar-refractivity contribution >= 4 is 44.0 Å². The van der Waals surface area contributed by atoms with Crippen LogP contribution in [0.1, 0.15) is 26.7 Å². The summed E-state index contributed by atoms with van der Waals surface area (Å²) in [5.74, 6) is 0.461. The Balaban J connectivity index is 0.00000272. The SMILES string of the molecule is Br.CC(C)Cn1c(-c2ccc(S(=O)(=O)N3CCCC3)cc2)csc1=Nc1ccccc1. The molecule has 0 spiro atoms. The Hall–Kier alpha value is -1.74. The summed E-state index contributed by atoms with van der Waals surface area (Å²) in [4.78, 5) is 6.14. The first-order valence-corrected chi connectivity index (χ1v) is 12.7. The van der Waals surface area contributed by atoms with E-state index in [1.54, 1.807) is 27.8 Å². The van der Waals surface area contributed by atoms with Crippen molar-refractivity contribution in [3.63, 3.8) is 0 Å². The van der Waals surface area contributed by atoms with Gasteiger partial charge < -0.3 is 4.57 Å². The Bertz CT molecular complexity index is 1160. The average molecular weight is 523 g/mol. The molecule has 0 radical (unpaired) electrons. The fraction of sp³-hybridized carbons (Fsp3) is 0.348. The molecule has 0 aliphatic carbocycles. The van der Waals surface area contributed by atoms with E-state index in [0.29, 0.717) is 23.9 Å². The molecule has 0 bridgehead atoms. The first-order chi connectivity index (χ1) is 14.4. The van der Waals surface area contributed by atoms with Crippen LogP contribution in [0.25, 0.3) is 11.3 Å². The van der Waals surface area contributed by atoms with Crippen molar-refractivity contribution in [3.8, 4) is 11.3 Å². The third kappa shape index (κ3) is 5.37. The van der Waals surface area contributed by atoms with Gasteiger partial charge in [0.1, 0.15) is 0 Å². The number of hydrogen-bond acceptors (Lipinski definition) is 4. The van der Waals surface area contributed by atoms with Crippen LogP contribution in [0.4, 0.5) is 5.69 Å². The Morgan fingerprint density at radius 3 is 2.26 bits per heavy atom. The van der Waals surface area contributed by atoms with Crippen molar-refractivity contribution in [2.45, 2.75) is 38.1 Å². The molecular weight excluding hydrogens is 494 g/mol. The van der Waals surface area contributed by atoms with Crippen LogP contribution < -0.4 is 4.80 Å². The van der Waals surface area contributed by atoms with Gasteiger partial charge in [0.15, 0.2) is 4.80 Å². The molecule has 0 unspecified atom stereocenters. The van der Waals surface area contributed by atoms with E-state index in [9.17, 15) is 8.42 Å². The van der Waals surface area contributed by atoms with Gasteiger partial charge in [-0.1, -0.05) is 44.2 Å². The molecule has 31 heavy (non-hydrogen) atoms. The van der Waals surface area contributed by atoms with Crippen LogP contribution in [0.5, 0.6) is 0 Å². The van der Waals surface area contributed by atoms with E-state index in [0.717, 1.165) is 41.1 Å². The molecule has 0 amide bonds. The third-order valence-corrected chi connectivity index (χ3v) is 7.96. The fourth-order valence-corrected chi connectivity index (χ4v) is 6.13. The minimum absolute atomic E-state index is 0. The molecule has 0 saturated carbocycles. The molecule has 4 rings (SSSR count). The molecule has 1 aromatic heterocycles. The Morgan fingerprint density at radius 2 is 1.65 bits per heavy atom. The summed E-state index contributed by atoms with van der Waals surface area (Å²) >= 11 is 1.61. The number of nitrogens with zero attached hydrogens (tertiary/aromatic N) is 3. The summed E-state index contributed by atoms with van der Waals surface area (Å²) < 4.78 is 29.4. The zero-order valence-electron chi connectivity index (χ0n) is 17.8. The number of hydrogen-bond donors (Lipinski definition) is 0. The number of halogens is 1. The number of benzene rings is 2. The van der Waals surface area contributed by atoms with Gasteiger partial charge in [-0.05, 0) is 48.6 Å². The van der Waals surface area contributed by atoms with E-state index in [2.05, 4.69) is 23.8 Å². The van der Waals surface area contributed by atoms with E-state index in [4.69, 9.17) is 4.99 Å². The Labute approximate surface area is 198 Å². The fourth-order valence-electron chi connectivity index (χ4n) is 3.68. The van der Waals surface area contributed by atoms with Crippen LogP contribution in [0.15, 0.2) is 69.9 Å². The predicted molar refractivity (Wildman–Crippen MR) is 133 cm³/mol. The molecule has 166 valence electrons. The molecule has 2 aromatic carbocycles. The van der Waals surface area contributed by atoms with Crippen LogP contribution in [0.3, 0.4) is 0 Å². The molecular formula is C23H28BrN3O2S2. The van der Waals surface area contributed by atoms with Gasteiger partial charge in [-0.15, -0.1) is 28.3 Å². The lowest BCUT2D eigenvalue weighted by molar-refractivity contribution is 0.477. The van der Waals surface area contributed by atoms with Gasteiger partial charge >= 0.3 is 0 Å². The largest absolute Gasteiger partial charge is 0.316 e. The van der Waals surface area contributed by atoms with Gasteiger partial charge in [-0.2, -0.15) is 4.31 Å². The van der Waals surface area contributed by atoms with E-state index in [1.165, 1.54) is 0 Å². The van der Waals surface area contributed by atoms with Crippen LogP contribution in [0, 0.1) is 5.92 Å². The first-order valence-electron chi connectivity index (χ1n) is 10.3. The van der Waals surface area contributed by atoms with Crippen molar-refractivity contribution in [3.05, 3.63) is 64.8 Å². The lowest BCUT2D eigenvalue weighted by Gasteiger charge is -2.16. The van der Waals surface area contributed by atoms with Gasteiger partial charge in [0.25, 0.3) is 0 Å². The summed E-state index contributed by atoms with van der Waals surface area (Å²) in [5.41, 5.74) is 2.99. The van der Waals surface area contributed by atoms with Gasteiger partial charge in [-0.25, -0.2) is 13.4 Å². The van der Waals surface area contributed by atoms with Gasteiger partial charge in [0.2, 0.25) is 10.0 Å². The van der Waals surface area contributed by atoms with Gasteiger partial charge in [0, 0.05) is 25.0 Å². The molecule has 3 aromatic rings. The molecule has 1 fully saturated rings. The quantitative estimate of drug-likeness (QED) is 0.431. The smallest absolute Gasteiger partial charge is 0.243 e. The summed E-state index contributed by atoms with van der Waals surface area (Å²) in [6, 6.07) is 17.2. The molecule has 0 N–H and O–H groups in total. The summed E-state index contributed by atoms with van der Waals surface area (Å²) in [6.07, 6.45) is 1.88. The standard InChI is InChI=1S/C23H27N3O2S2.BrH/c1-18(2)16-26-22(17-29-23(26)24-20-8-4-3-5-9-20)19-10-12-21(13-11-19)30(27,28)25-14-6-7-15-25;/h3-5,8-13,17-18H,6-7,14-16H2,1-2H3;1H.